The highest BCUT2D eigenvalue weighted by Gasteiger charge is 2.14. The number of halogens is 2. The van der Waals surface area contributed by atoms with Crippen LogP contribution in [0.4, 0.5) is 4.39 Å². The number of hydrogen-bond donors (Lipinski definition) is 1. The Balaban J connectivity index is 1.79. The summed E-state index contributed by atoms with van der Waals surface area (Å²) < 4.78 is 15.3. The Morgan fingerprint density at radius 1 is 1.00 bits per heavy atom. The number of rotatable bonds is 5. The summed E-state index contributed by atoms with van der Waals surface area (Å²) in [5, 5.41) is 9.92. The summed E-state index contributed by atoms with van der Waals surface area (Å²) in [6.45, 7) is 0.506. The molecule has 0 saturated carbocycles. The molecule has 1 heterocycles. The molecule has 0 atom stereocenters. The van der Waals surface area contributed by atoms with E-state index in [1.807, 2.05) is 28.8 Å². The maximum atomic E-state index is 13.3. The summed E-state index contributed by atoms with van der Waals surface area (Å²) >= 11 is 5.97. The summed E-state index contributed by atoms with van der Waals surface area (Å²) in [4.78, 5) is 16.0. The van der Waals surface area contributed by atoms with Gasteiger partial charge in [0.15, 0.2) is 0 Å². The zero-order chi connectivity index (χ0) is 19.7. The Kier molecular flexibility index (Phi) is 4.84. The lowest BCUT2D eigenvalue weighted by atomic mass is 10.1. The molecule has 0 aliphatic carbocycles. The summed E-state index contributed by atoms with van der Waals surface area (Å²) in [6, 6.07) is 18.8. The zero-order valence-corrected chi connectivity index (χ0v) is 15.5. The van der Waals surface area contributed by atoms with Crippen LogP contribution in [0.5, 0.6) is 0 Å². The molecular weight excluding hydrogens is 379 g/mol. The first kappa shape index (κ1) is 18.2. The summed E-state index contributed by atoms with van der Waals surface area (Å²) in [5.41, 5.74) is 3.61. The van der Waals surface area contributed by atoms with E-state index >= 15 is 0 Å². The van der Waals surface area contributed by atoms with Crippen molar-refractivity contribution < 1.29 is 14.3 Å². The minimum atomic E-state index is -0.991. The van der Waals surface area contributed by atoms with Gasteiger partial charge in [0.05, 0.1) is 16.6 Å². The predicted molar refractivity (Wildman–Crippen MR) is 106 cm³/mol. The fraction of sp³-hybridized carbons (Fsp3) is 0.0909. The summed E-state index contributed by atoms with van der Waals surface area (Å²) in [6.07, 6.45) is 0.565. The number of aromatic nitrogens is 2. The second kappa shape index (κ2) is 7.44. The molecule has 4 nitrogen and oxygen atoms in total. The Morgan fingerprint density at radius 3 is 2.36 bits per heavy atom. The highest BCUT2D eigenvalue weighted by molar-refractivity contribution is 6.30. The maximum absolute atomic E-state index is 13.3. The van der Waals surface area contributed by atoms with Gasteiger partial charge in [-0.05, 0) is 53.6 Å². The van der Waals surface area contributed by atoms with Gasteiger partial charge in [0.2, 0.25) is 0 Å². The molecule has 0 fully saturated rings. The van der Waals surface area contributed by atoms with Crippen LogP contribution in [0, 0.1) is 5.82 Å². The van der Waals surface area contributed by atoms with E-state index in [2.05, 4.69) is 4.98 Å². The third kappa shape index (κ3) is 3.75. The number of benzene rings is 3. The normalized spacial score (nSPS) is 11.1. The Hall–Kier alpha value is -3.18. The smallest absolute Gasteiger partial charge is 0.335 e. The fourth-order valence-electron chi connectivity index (χ4n) is 3.18. The number of aromatic carboxylic acids is 1. The lowest BCUT2D eigenvalue weighted by Crippen LogP contribution is -2.06. The number of hydrogen-bond acceptors (Lipinski definition) is 2. The Bertz CT molecular complexity index is 1150. The summed E-state index contributed by atoms with van der Waals surface area (Å²) in [5.74, 6) is -0.481. The number of imidazole rings is 1. The van der Waals surface area contributed by atoms with Crippen LogP contribution in [-0.4, -0.2) is 20.6 Å². The lowest BCUT2D eigenvalue weighted by Gasteiger charge is -2.10. The molecule has 140 valence electrons. The molecule has 4 rings (SSSR count). The molecule has 1 aromatic heterocycles. The number of carboxylic acids is 1. The van der Waals surface area contributed by atoms with Crippen LogP contribution in [0.1, 0.15) is 27.3 Å². The van der Waals surface area contributed by atoms with Crippen molar-refractivity contribution in [3.63, 3.8) is 0 Å². The topological polar surface area (TPSA) is 55.1 Å². The first-order chi connectivity index (χ1) is 13.5. The molecule has 0 amide bonds. The molecule has 0 aliphatic rings. The molecule has 1 N–H and O–H groups in total. The molecule has 3 aromatic carbocycles. The lowest BCUT2D eigenvalue weighted by molar-refractivity contribution is 0.0697. The second-order valence-electron chi connectivity index (χ2n) is 6.55. The van der Waals surface area contributed by atoms with Gasteiger partial charge in [-0.3, -0.25) is 0 Å². The molecule has 0 spiro atoms. The second-order valence-corrected chi connectivity index (χ2v) is 6.99. The molecule has 6 heteroatoms. The quantitative estimate of drug-likeness (QED) is 0.508. The van der Waals surface area contributed by atoms with Gasteiger partial charge in [0, 0.05) is 18.0 Å². The fourth-order valence-corrected chi connectivity index (χ4v) is 3.31. The maximum Gasteiger partial charge on any atom is 0.335 e. The van der Waals surface area contributed by atoms with E-state index in [0.717, 1.165) is 22.5 Å². The SMILES string of the molecule is O=C(O)c1ccc2c(c1)nc(Cc1ccc(Cl)cc1)n2Cc1ccc(F)cc1. The first-order valence-corrected chi connectivity index (χ1v) is 9.09. The van der Waals surface area contributed by atoms with Gasteiger partial charge in [-0.2, -0.15) is 0 Å². The van der Waals surface area contributed by atoms with Gasteiger partial charge in [-0.1, -0.05) is 35.9 Å². The number of carbonyl (C=O) groups is 1. The van der Waals surface area contributed by atoms with Crippen molar-refractivity contribution in [2.24, 2.45) is 0 Å². The molecule has 4 aromatic rings. The van der Waals surface area contributed by atoms with Crippen LogP contribution in [0.25, 0.3) is 11.0 Å². The van der Waals surface area contributed by atoms with Gasteiger partial charge in [0.1, 0.15) is 11.6 Å². The van der Waals surface area contributed by atoms with E-state index in [-0.39, 0.29) is 11.4 Å². The third-order valence-electron chi connectivity index (χ3n) is 4.60. The molecule has 0 radical (unpaired) electrons. The van der Waals surface area contributed by atoms with Crippen LogP contribution in [0.2, 0.25) is 5.02 Å². The predicted octanol–water partition coefficient (Wildman–Crippen LogP) is 5.17. The van der Waals surface area contributed by atoms with Crippen LogP contribution in [0.3, 0.4) is 0 Å². The van der Waals surface area contributed by atoms with Gasteiger partial charge in [-0.15, -0.1) is 0 Å². The molecular formula is C22H16ClFN2O2. The van der Waals surface area contributed by atoms with Crippen molar-refractivity contribution in [3.8, 4) is 0 Å². The van der Waals surface area contributed by atoms with Gasteiger partial charge >= 0.3 is 5.97 Å². The van der Waals surface area contributed by atoms with E-state index in [9.17, 15) is 14.3 Å². The van der Waals surface area contributed by atoms with Crippen LogP contribution < -0.4 is 0 Å². The van der Waals surface area contributed by atoms with E-state index in [1.54, 1.807) is 30.3 Å². The van der Waals surface area contributed by atoms with E-state index in [0.29, 0.717) is 23.5 Å². The first-order valence-electron chi connectivity index (χ1n) is 8.71. The van der Waals surface area contributed by atoms with Crippen molar-refractivity contribution in [2.75, 3.05) is 0 Å². The van der Waals surface area contributed by atoms with E-state index < -0.39 is 5.97 Å². The third-order valence-corrected chi connectivity index (χ3v) is 4.86. The average molecular weight is 395 g/mol. The highest BCUT2D eigenvalue weighted by Crippen LogP contribution is 2.22. The van der Waals surface area contributed by atoms with Crippen molar-refractivity contribution >= 4 is 28.6 Å². The number of fused-ring (bicyclic) bond motifs is 1. The largest absolute Gasteiger partial charge is 0.478 e. The average Bonchev–Trinajstić information content (AvgIpc) is 3.01. The monoisotopic (exact) mass is 394 g/mol. The van der Waals surface area contributed by atoms with Crippen molar-refractivity contribution in [2.45, 2.75) is 13.0 Å². The van der Waals surface area contributed by atoms with E-state index in [1.165, 1.54) is 12.1 Å². The zero-order valence-electron chi connectivity index (χ0n) is 14.8. The molecule has 28 heavy (non-hydrogen) atoms. The highest BCUT2D eigenvalue weighted by atomic mass is 35.5. The van der Waals surface area contributed by atoms with Crippen molar-refractivity contribution in [1.29, 1.82) is 0 Å². The van der Waals surface area contributed by atoms with E-state index in [4.69, 9.17) is 11.6 Å². The standard InChI is InChI=1S/C22H16ClFN2O2/c23-17-6-1-14(2-7-17)11-21-25-19-12-16(22(27)28)5-10-20(19)26(21)13-15-3-8-18(24)9-4-15/h1-10,12H,11,13H2,(H,27,28). The number of carboxylic acid groups (broad SMARTS) is 1. The van der Waals surface area contributed by atoms with Gasteiger partial charge < -0.3 is 9.67 Å². The Labute approximate surface area is 165 Å². The van der Waals surface area contributed by atoms with Gasteiger partial charge in [-0.25, -0.2) is 14.2 Å². The van der Waals surface area contributed by atoms with Crippen LogP contribution >= 0.6 is 11.6 Å². The van der Waals surface area contributed by atoms with Gasteiger partial charge in [0.25, 0.3) is 0 Å². The Morgan fingerprint density at radius 2 is 1.68 bits per heavy atom. The molecule has 0 aliphatic heterocycles. The molecule has 0 unspecified atom stereocenters. The van der Waals surface area contributed by atoms with Crippen molar-refractivity contribution in [1.82, 2.24) is 9.55 Å². The summed E-state index contributed by atoms with van der Waals surface area (Å²) in [7, 11) is 0. The molecule has 0 saturated heterocycles. The van der Waals surface area contributed by atoms with Crippen LogP contribution in [0.15, 0.2) is 66.7 Å². The van der Waals surface area contributed by atoms with Crippen molar-refractivity contribution in [3.05, 3.63) is 100 Å². The minimum absolute atomic E-state index is 0.192. The van der Waals surface area contributed by atoms with Crippen LogP contribution in [-0.2, 0) is 13.0 Å². The molecule has 0 bridgehead atoms. The minimum Gasteiger partial charge on any atom is -0.478 e. The number of nitrogens with zero attached hydrogens (tertiary/aromatic N) is 2.